The van der Waals surface area contributed by atoms with Crippen LogP contribution in [0.15, 0.2) is 77.3 Å². The second kappa shape index (κ2) is 5.41. The molecule has 6 rings (SSSR count). The highest BCUT2D eigenvalue weighted by Gasteiger charge is 2.15. The number of thiophene rings is 1. The van der Waals surface area contributed by atoms with E-state index in [1.54, 1.807) is 0 Å². The zero-order valence-corrected chi connectivity index (χ0v) is 15.5. The van der Waals surface area contributed by atoms with Crippen molar-refractivity contribution in [3.05, 3.63) is 78.5 Å². The van der Waals surface area contributed by atoms with Crippen LogP contribution in [0.2, 0.25) is 0 Å². The summed E-state index contributed by atoms with van der Waals surface area (Å²) in [4.78, 5) is 4.80. The minimum Gasteiger partial charge on any atom is -0.456 e. The Morgan fingerprint density at radius 3 is 2.56 bits per heavy atom. The van der Waals surface area contributed by atoms with Crippen LogP contribution >= 0.6 is 11.3 Å². The lowest BCUT2D eigenvalue weighted by molar-refractivity contribution is 0.668. The predicted molar refractivity (Wildman–Crippen MR) is 115 cm³/mol. The number of nitrogens with zero attached hydrogens (tertiary/aromatic N) is 1. The molecule has 0 bridgehead atoms. The van der Waals surface area contributed by atoms with Crippen LogP contribution in [0.1, 0.15) is 5.56 Å². The van der Waals surface area contributed by atoms with Crippen molar-refractivity contribution in [1.82, 2.24) is 4.98 Å². The molecule has 3 aromatic carbocycles. The zero-order valence-electron chi connectivity index (χ0n) is 14.7. The molecule has 3 heteroatoms. The molecule has 0 spiro atoms. The Morgan fingerprint density at radius 2 is 1.63 bits per heavy atom. The van der Waals surface area contributed by atoms with Crippen LogP contribution in [0.4, 0.5) is 0 Å². The predicted octanol–water partition coefficient (Wildman–Crippen LogP) is 7.32. The Labute approximate surface area is 159 Å². The van der Waals surface area contributed by atoms with Crippen LogP contribution in [0.3, 0.4) is 0 Å². The highest BCUT2D eigenvalue weighted by atomic mass is 32.1. The second-order valence-electron chi connectivity index (χ2n) is 6.90. The SMILES string of the molecule is Cc1ccc(-c2cc3oc4ccccc4c3cn2)c2sc3ccccc3c12. The monoisotopic (exact) mass is 365 g/mol. The number of rotatable bonds is 1. The van der Waals surface area contributed by atoms with Crippen LogP contribution in [-0.4, -0.2) is 4.98 Å². The Morgan fingerprint density at radius 1 is 0.815 bits per heavy atom. The maximum absolute atomic E-state index is 6.07. The average Bonchev–Trinajstić information content (AvgIpc) is 3.26. The van der Waals surface area contributed by atoms with Crippen LogP contribution in [-0.2, 0) is 0 Å². The van der Waals surface area contributed by atoms with Crippen LogP contribution in [0.25, 0.3) is 53.4 Å². The summed E-state index contributed by atoms with van der Waals surface area (Å²) in [5, 5.41) is 4.83. The maximum atomic E-state index is 6.07. The first-order chi connectivity index (χ1) is 13.3. The standard InChI is InChI=1S/C24H15NOS/c1-14-10-11-16(24-23(14)17-7-3-5-9-22(17)27-24)19-12-21-18(13-25-19)15-6-2-4-8-20(15)26-21/h2-13H,1H3. The molecule has 128 valence electrons. The van der Waals surface area contributed by atoms with Crippen molar-refractivity contribution in [2.24, 2.45) is 0 Å². The lowest BCUT2D eigenvalue weighted by Gasteiger charge is -2.05. The Kier molecular flexibility index (Phi) is 3.00. The molecule has 6 aromatic rings. The van der Waals surface area contributed by atoms with Gasteiger partial charge in [0, 0.05) is 48.8 Å². The van der Waals surface area contributed by atoms with Gasteiger partial charge in [0.05, 0.1) is 5.69 Å². The smallest absolute Gasteiger partial charge is 0.139 e. The molecule has 2 nitrogen and oxygen atoms in total. The number of pyridine rings is 1. The first-order valence-corrected chi connectivity index (χ1v) is 9.80. The molecule has 0 aliphatic carbocycles. The third-order valence-electron chi connectivity index (χ3n) is 5.27. The van der Waals surface area contributed by atoms with Crippen molar-refractivity contribution in [3.8, 4) is 11.3 Å². The number of furan rings is 1. The first-order valence-electron chi connectivity index (χ1n) is 8.98. The van der Waals surface area contributed by atoms with Gasteiger partial charge < -0.3 is 4.42 Å². The van der Waals surface area contributed by atoms with Gasteiger partial charge in [-0.2, -0.15) is 0 Å². The lowest BCUT2D eigenvalue weighted by atomic mass is 10.0. The van der Waals surface area contributed by atoms with Gasteiger partial charge >= 0.3 is 0 Å². The van der Waals surface area contributed by atoms with Gasteiger partial charge in [-0.25, -0.2) is 0 Å². The molecule has 0 atom stereocenters. The molecule has 0 aliphatic heterocycles. The summed E-state index contributed by atoms with van der Waals surface area (Å²) in [6, 6.07) is 23.2. The summed E-state index contributed by atoms with van der Waals surface area (Å²) >= 11 is 1.84. The van der Waals surface area contributed by atoms with Crippen LogP contribution < -0.4 is 0 Å². The maximum Gasteiger partial charge on any atom is 0.139 e. The van der Waals surface area contributed by atoms with Gasteiger partial charge in [0.2, 0.25) is 0 Å². The fraction of sp³-hybridized carbons (Fsp3) is 0.0417. The molecule has 27 heavy (non-hydrogen) atoms. The van der Waals surface area contributed by atoms with Crippen molar-refractivity contribution in [2.75, 3.05) is 0 Å². The van der Waals surface area contributed by atoms with E-state index >= 15 is 0 Å². The molecule has 0 saturated carbocycles. The molecule has 0 radical (unpaired) electrons. The van der Waals surface area contributed by atoms with Crippen molar-refractivity contribution in [1.29, 1.82) is 0 Å². The number of hydrogen-bond acceptors (Lipinski definition) is 3. The topological polar surface area (TPSA) is 26.0 Å². The molecular formula is C24H15NOS. The van der Waals surface area contributed by atoms with Crippen LogP contribution in [0.5, 0.6) is 0 Å². The third kappa shape index (κ3) is 2.09. The normalized spacial score (nSPS) is 11.9. The fourth-order valence-electron chi connectivity index (χ4n) is 3.96. The molecule has 0 aliphatic rings. The minimum atomic E-state index is 0.885. The quantitative estimate of drug-likeness (QED) is 0.305. The molecule has 0 fully saturated rings. The van der Waals surface area contributed by atoms with Crippen molar-refractivity contribution >= 4 is 53.4 Å². The number of para-hydroxylation sites is 1. The van der Waals surface area contributed by atoms with Crippen molar-refractivity contribution < 1.29 is 4.42 Å². The number of aryl methyl sites for hydroxylation is 1. The summed E-state index contributed by atoms with van der Waals surface area (Å²) in [6.07, 6.45) is 1.94. The molecule has 0 N–H and O–H groups in total. The number of hydrogen-bond donors (Lipinski definition) is 0. The molecule has 0 saturated heterocycles. The number of benzene rings is 3. The summed E-state index contributed by atoms with van der Waals surface area (Å²) in [6.45, 7) is 2.18. The van der Waals surface area contributed by atoms with E-state index in [1.165, 1.54) is 31.3 Å². The van der Waals surface area contributed by atoms with Gasteiger partial charge in [0.1, 0.15) is 11.2 Å². The molecular weight excluding hydrogens is 350 g/mol. The van der Waals surface area contributed by atoms with E-state index in [4.69, 9.17) is 9.40 Å². The van der Waals surface area contributed by atoms with Crippen LogP contribution in [0, 0.1) is 6.92 Å². The minimum absolute atomic E-state index is 0.885. The second-order valence-corrected chi connectivity index (χ2v) is 7.95. The van der Waals surface area contributed by atoms with Crippen molar-refractivity contribution in [3.63, 3.8) is 0 Å². The van der Waals surface area contributed by atoms with E-state index in [0.717, 1.165) is 27.6 Å². The molecule has 3 heterocycles. The van der Waals surface area contributed by atoms with E-state index in [9.17, 15) is 0 Å². The lowest BCUT2D eigenvalue weighted by Crippen LogP contribution is -1.85. The summed E-state index contributed by atoms with van der Waals surface area (Å²) in [7, 11) is 0. The van der Waals surface area contributed by atoms with Gasteiger partial charge in [-0.15, -0.1) is 11.3 Å². The van der Waals surface area contributed by atoms with Gasteiger partial charge in [-0.1, -0.05) is 48.5 Å². The Hall–Kier alpha value is -3.17. The molecule has 0 amide bonds. The van der Waals surface area contributed by atoms with Crippen molar-refractivity contribution in [2.45, 2.75) is 6.92 Å². The van der Waals surface area contributed by atoms with E-state index in [1.807, 2.05) is 35.7 Å². The first kappa shape index (κ1) is 14.9. The van der Waals surface area contributed by atoms with Gasteiger partial charge in [0.25, 0.3) is 0 Å². The van der Waals surface area contributed by atoms with E-state index in [0.29, 0.717) is 0 Å². The van der Waals surface area contributed by atoms with Gasteiger partial charge in [-0.3, -0.25) is 4.98 Å². The highest BCUT2D eigenvalue weighted by molar-refractivity contribution is 7.26. The van der Waals surface area contributed by atoms with Gasteiger partial charge in [-0.05, 0) is 24.6 Å². The highest BCUT2D eigenvalue weighted by Crippen LogP contribution is 2.41. The summed E-state index contributed by atoms with van der Waals surface area (Å²) in [5.74, 6) is 0. The summed E-state index contributed by atoms with van der Waals surface area (Å²) < 4.78 is 8.68. The number of aromatic nitrogens is 1. The van der Waals surface area contributed by atoms with E-state index < -0.39 is 0 Å². The van der Waals surface area contributed by atoms with E-state index in [2.05, 4.69) is 55.5 Å². The van der Waals surface area contributed by atoms with E-state index in [-0.39, 0.29) is 0 Å². The number of fused-ring (bicyclic) bond motifs is 6. The van der Waals surface area contributed by atoms with Gasteiger partial charge in [0.15, 0.2) is 0 Å². The third-order valence-corrected chi connectivity index (χ3v) is 6.48. The summed E-state index contributed by atoms with van der Waals surface area (Å²) in [5.41, 5.74) is 5.21. The Balaban J connectivity index is 1.67. The average molecular weight is 365 g/mol. The molecule has 3 aromatic heterocycles. The zero-order chi connectivity index (χ0) is 18.0. The molecule has 0 unspecified atom stereocenters. The largest absolute Gasteiger partial charge is 0.456 e. The fourth-order valence-corrected chi connectivity index (χ4v) is 5.27. The Bertz CT molecular complexity index is 1490.